The number of esters is 1. The Hall–Kier alpha value is -2.00. The van der Waals surface area contributed by atoms with Crippen LogP contribution < -0.4 is 0 Å². The molecule has 1 aliphatic heterocycles. The Labute approximate surface area is 162 Å². The molecule has 3 rings (SSSR count). The molecule has 1 fully saturated rings. The predicted molar refractivity (Wildman–Crippen MR) is 104 cm³/mol. The second kappa shape index (κ2) is 7.93. The molecule has 1 aromatic carbocycles. The average Bonchev–Trinajstić information content (AvgIpc) is 3.22. The highest BCUT2D eigenvalue weighted by Gasteiger charge is 2.35. The number of nitrogens with zero attached hydrogens (tertiary/aromatic N) is 2. The van der Waals surface area contributed by atoms with Crippen LogP contribution in [0.5, 0.6) is 0 Å². The van der Waals surface area contributed by atoms with Crippen molar-refractivity contribution in [1.82, 2.24) is 9.88 Å². The van der Waals surface area contributed by atoms with Crippen LogP contribution in [-0.2, 0) is 19.4 Å². The van der Waals surface area contributed by atoms with E-state index < -0.39 is 22.4 Å². The molecule has 146 valence electrons. The Morgan fingerprint density at radius 3 is 2.81 bits per heavy atom. The summed E-state index contributed by atoms with van der Waals surface area (Å²) in [6.45, 7) is 3.95. The van der Waals surface area contributed by atoms with Gasteiger partial charge in [-0.25, -0.2) is 18.2 Å². The minimum atomic E-state index is -3.11. The maximum atomic E-state index is 12.6. The number of benzene rings is 1. The van der Waals surface area contributed by atoms with Crippen LogP contribution in [0.2, 0.25) is 0 Å². The Balaban J connectivity index is 1.65. The van der Waals surface area contributed by atoms with Crippen molar-refractivity contribution in [1.29, 1.82) is 0 Å². The number of carbonyl (C=O) groups is 2. The first-order valence-electron chi connectivity index (χ1n) is 8.75. The zero-order valence-electron chi connectivity index (χ0n) is 15.3. The highest BCUT2D eigenvalue weighted by molar-refractivity contribution is 7.91. The lowest BCUT2D eigenvalue weighted by Crippen LogP contribution is -2.45. The Morgan fingerprint density at radius 1 is 1.37 bits per heavy atom. The normalized spacial score (nSPS) is 18.7. The summed E-state index contributed by atoms with van der Waals surface area (Å²) in [5, 5.41) is 0. The van der Waals surface area contributed by atoms with Crippen molar-refractivity contribution >= 4 is 43.3 Å². The fourth-order valence-corrected chi connectivity index (χ4v) is 5.59. The Kier molecular flexibility index (Phi) is 5.81. The van der Waals surface area contributed by atoms with E-state index in [9.17, 15) is 18.0 Å². The molecular weight excluding hydrogens is 388 g/mol. The summed E-state index contributed by atoms with van der Waals surface area (Å²) < 4.78 is 29.6. The van der Waals surface area contributed by atoms with Gasteiger partial charge in [-0.2, -0.15) is 0 Å². The van der Waals surface area contributed by atoms with Crippen LogP contribution >= 0.6 is 11.3 Å². The third kappa shape index (κ3) is 4.84. The summed E-state index contributed by atoms with van der Waals surface area (Å²) in [4.78, 5) is 30.6. The SMILES string of the molecule is CC(C)CN(C(=O)COC(=O)c1ccc2ncsc2c1)C1CCS(=O)(=O)C1. The molecule has 0 bridgehead atoms. The molecule has 1 atom stereocenters. The van der Waals surface area contributed by atoms with Gasteiger partial charge >= 0.3 is 5.97 Å². The highest BCUT2D eigenvalue weighted by Crippen LogP contribution is 2.21. The number of amides is 1. The fraction of sp³-hybridized carbons (Fsp3) is 0.500. The van der Waals surface area contributed by atoms with Gasteiger partial charge in [-0.15, -0.1) is 11.3 Å². The van der Waals surface area contributed by atoms with E-state index in [-0.39, 0.29) is 29.4 Å². The molecule has 1 aliphatic rings. The zero-order chi connectivity index (χ0) is 19.6. The zero-order valence-corrected chi connectivity index (χ0v) is 16.9. The van der Waals surface area contributed by atoms with E-state index in [1.807, 2.05) is 13.8 Å². The summed E-state index contributed by atoms with van der Waals surface area (Å²) >= 11 is 1.42. The van der Waals surface area contributed by atoms with Crippen LogP contribution in [0.4, 0.5) is 0 Å². The first-order chi connectivity index (χ1) is 12.7. The van der Waals surface area contributed by atoms with Gasteiger partial charge in [0, 0.05) is 12.6 Å². The molecular formula is C18H22N2O5S2. The van der Waals surface area contributed by atoms with Crippen molar-refractivity contribution in [2.45, 2.75) is 26.3 Å². The predicted octanol–water partition coefficient (Wildman–Crippen LogP) is 2.12. The quantitative estimate of drug-likeness (QED) is 0.677. The van der Waals surface area contributed by atoms with Crippen LogP contribution in [0.25, 0.3) is 10.2 Å². The molecule has 0 aliphatic carbocycles. The molecule has 27 heavy (non-hydrogen) atoms. The van der Waals surface area contributed by atoms with Crippen LogP contribution in [0.1, 0.15) is 30.6 Å². The molecule has 0 radical (unpaired) electrons. The smallest absolute Gasteiger partial charge is 0.338 e. The van der Waals surface area contributed by atoms with Crippen LogP contribution in [0.3, 0.4) is 0 Å². The van der Waals surface area contributed by atoms with E-state index in [2.05, 4.69) is 4.98 Å². The maximum absolute atomic E-state index is 12.6. The number of ether oxygens (including phenoxy) is 1. The summed E-state index contributed by atoms with van der Waals surface area (Å²) in [7, 11) is -3.11. The van der Waals surface area contributed by atoms with Gasteiger partial charge in [-0.1, -0.05) is 13.8 Å². The number of hydrogen-bond acceptors (Lipinski definition) is 7. The molecule has 0 N–H and O–H groups in total. The molecule has 0 saturated carbocycles. The molecule has 0 spiro atoms. The van der Waals surface area contributed by atoms with Gasteiger partial charge in [0.25, 0.3) is 5.91 Å². The van der Waals surface area contributed by atoms with Gasteiger partial charge in [0.05, 0.1) is 32.8 Å². The van der Waals surface area contributed by atoms with E-state index in [4.69, 9.17) is 4.74 Å². The van der Waals surface area contributed by atoms with E-state index in [1.54, 1.807) is 28.6 Å². The van der Waals surface area contributed by atoms with E-state index in [0.29, 0.717) is 18.5 Å². The van der Waals surface area contributed by atoms with E-state index >= 15 is 0 Å². The minimum Gasteiger partial charge on any atom is -0.452 e. The van der Waals surface area contributed by atoms with Crippen LogP contribution in [0, 0.1) is 5.92 Å². The number of thiazole rings is 1. The third-order valence-corrected chi connectivity index (χ3v) is 6.97. The lowest BCUT2D eigenvalue weighted by atomic mass is 10.1. The van der Waals surface area contributed by atoms with Crippen molar-refractivity contribution in [3.05, 3.63) is 29.3 Å². The van der Waals surface area contributed by atoms with Crippen molar-refractivity contribution in [2.75, 3.05) is 24.7 Å². The molecule has 1 saturated heterocycles. The van der Waals surface area contributed by atoms with Crippen LogP contribution in [0.15, 0.2) is 23.7 Å². The highest BCUT2D eigenvalue weighted by atomic mass is 32.2. The molecule has 7 nitrogen and oxygen atoms in total. The summed E-state index contributed by atoms with van der Waals surface area (Å²) in [6.07, 6.45) is 0.427. The first kappa shape index (κ1) is 19.8. The first-order valence-corrected chi connectivity index (χ1v) is 11.5. The number of carbonyl (C=O) groups excluding carboxylic acids is 2. The van der Waals surface area contributed by atoms with Crippen molar-refractivity contribution in [3.63, 3.8) is 0 Å². The Morgan fingerprint density at radius 2 is 2.15 bits per heavy atom. The second-order valence-corrected chi connectivity index (χ2v) is 10.2. The molecule has 1 unspecified atom stereocenters. The number of aromatic nitrogens is 1. The lowest BCUT2D eigenvalue weighted by molar-refractivity contribution is -0.137. The summed E-state index contributed by atoms with van der Waals surface area (Å²) in [5.74, 6) is -0.697. The number of rotatable bonds is 6. The molecule has 2 aromatic rings. The topological polar surface area (TPSA) is 93.6 Å². The number of fused-ring (bicyclic) bond motifs is 1. The third-order valence-electron chi connectivity index (χ3n) is 4.43. The molecule has 1 aromatic heterocycles. The standard InChI is InChI=1S/C18H22N2O5S2/c1-12(2)8-20(14-5-6-27(23,24)10-14)17(21)9-25-18(22)13-3-4-15-16(7-13)26-11-19-15/h3-4,7,11-12,14H,5-6,8-10H2,1-2H3. The maximum Gasteiger partial charge on any atom is 0.338 e. The second-order valence-electron chi connectivity index (χ2n) is 7.11. The fourth-order valence-electron chi connectivity index (χ4n) is 3.14. The number of hydrogen-bond donors (Lipinski definition) is 0. The van der Waals surface area contributed by atoms with Gasteiger partial charge in [-0.3, -0.25) is 4.79 Å². The van der Waals surface area contributed by atoms with E-state index in [1.165, 1.54) is 11.3 Å². The van der Waals surface area contributed by atoms with Gasteiger partial charge in [0.1, 0.15) is 0 Å². The largest absolute Gasteiger partial charge is 0.452 e. The monoisotopic (exact) mass is 410 g/mol. The molecule has 1 amide bonds. The lowest BCUT2D eigenvalue weighted by Gasteiger charge is -2.29. The van der Waals surface area contributed by atoms with Gasteiger partial charge in [0.2, 0.25) is 0 Å². The minimum absolute atomic E-state index is 0.0263. The van der Waals surface area contributed by atoms with Gasteiger partial charge in [0.15, 0.2) is 16.4 Å². The van der Waals surface area contributed by atoms with E-state index in [0.717, 1.165) is 10.2 Å². The summed E-state index contributed by atoms with van der Waals surface area (Å²) in [5.41, 5.74) is 2.86. The summed E-state index contributed by atoms with van der Waals surface area (Å²) in [6, 6.07) is 4.69. The molecule has 2 heterocycles. The average molecular weight is 411 g/mol. The van der Waals surface area contributed by atoms with Crippen molar-refractivity contribution in [2.24, 2.45) is 5.92 Å². The van der Waals surface area contributed by atoms with Gasteiger partial charge in [-0.05, 0) is 30.5 Å². The Bertz CT molecular complexity index is 952. The van der Waals surface area contributed by atoms with Crippen molar-refractivity contribution in [3.8, 4) is 0 Å². The van der Waals surface area contributed by atoms with Crippen molar-refractivity contribution < 1.29 is 22.7 Å². The van der Waals surface area contributed by atoms with Crippen LogP contribution in [-0.4, -0.2) is 60.9 Å². The van der Waals surface area contributed by atoms with Gasteiger partial charge < -0.3 is 9.64 Å². The molecule has 9 heteroatoms. The number of sulfone groups is 1.